The summed E-state index contributed by atoms with van der Waals surface area (Å²) >= 11 is 0. The number of carboxylic acid groups (broad SMARTS) is 1. The zero-order chi connectivity index (χ0) is 13.7. The number of hydrogen-bond acceptors (Lipinski definition) is 2. The second-order valence-electron chi connectivity index (χ2n) is 4.55. The van der Waals surface area contributed by atoms with E-state index < -0.39 is 5.97 Å². The Hall–Kier alpha value is -1.84. The van der Waals surface area contributed by atoms with Gasteiger partial charge in [-0.25, -0.2) is 4.79 Å². The highest BCUT2D eigenvalue weighted by molar-refractivity contribution is 5.93. The summed E-state index contributed by atoms with van der Waals surface area (Å²) in [5, 5.41) is 11.6. The van der Waals surface area contributed by atoms with E-state index in [9.17, 15) is 9.59 Å². The summed E-state index contributed by atoms with van der Waals surface area (Å²) in [7, 11) is 0. The van der Waals surface area contributed by atoms with Gasteiger partial charge in [-0.1, -0.05) is 27.2 Å². The Balaban J connectivity index is 2.67. The summed E-state index contributed by atoms with van der Waals surface area (Å²) in [6, 6.07) is 6.16. The highest BCUT2D eigenvalue weighted by Crippen LogP contribution is 2.17. The molecule has 0 radical (unpaired) electrons. The maximum atomic E-state index is 11.9. The van der Waals surface area contributed by atoms with E-state index in [0.717, 1.165) is 6.42 Å². The molecular weight excluding hydrogens is 230 g/mol. The SMILES string of the molecule is CCC(C)C(C)C(=O)Nc1ccc(C(=O)O)cc1. The van der Waals surface area contributed by atoms with Crippen LogP contribution in [0.25, 0.3) is 0 Å². The first-order chi connectivity index (χ1) is 8.45. The van der Waals surface area contributed by atoms with Crippen molar-refractivity contribution in [3.8, 4) is 0 Å². The molecule has 18 heavy (non-hydrogen) atoms. The fraction of sp³-hybridized carbons (Fsp3) is 0.429. The largest absolute Gasteiger partial charge is 0.478 e. The van der Waals surface area contributed by atoms with Gasteiger partial charge in [0.25, 0.3) is 0 Å². The van der Waals surface area contributed by atoms with E-state index in [1.807, 2.05) is 13.8 Å². The zero-order valence-electron chi connectivity index (χ0n) is 10.9. The number of rotatable bonds is 5. The molecule has 4 nitrogen and oxygen atoms in total. The molecule has 2 unspecified atom stereocenters. The summed E-state index contributed by atoms with van der Waals surface area (Å²) in [4.78, 5) is 22.6. The van der Waals surface area contributed by atoms with Gasteiger partial charge < -0.3 is 10.4 Å². The molecule has 1 amide bonds. The van der Waals surface area contributed by atoms with E-state index in [-0.39, 0.29) is 17.4 Å². The lowest BCUT2D eigenvalue weighted by Crippen LogP contribution is -2.25. The molecule has 0 aliphatic carbocycles. The topological polar surface area (TPSA) is 66.4 Å². The van der Waals surface area contributed by atoms with Gasteiger partial charge in [0.15, 0.2) is 0 Å². The van der Waals surface area contributed by atoms with E-state index in [0.29, 0.717) is 11.6 Å². The van der Waals surface area contributed by atoms with Gasteiger partial charge in [0.05, 0.1) is 5.56 Å². The van der Waals surface area contributed by atoms with Crippen LogP contribution in [-0.4, -0.2) is 17.0 Å². The number of amides is 1. The average Bonchev–Trinajstić information content (AvgIpc) is 2.37. The smallest absolute Gasteiger partial charge is 0.335 e. The predicted molar refractivity (Wildman–Crippen MR) is 70.7 cm³/mol. The fourth-order valence-corrected chi connectivity index (χ4v) is 1.56. The van der Waals surface area contributed by atoms with E-state index in [1.165, 1.54) is 12.1 Å². The van der Waals surface area contributed by atoms with Crippen LogP contribution >= 0.6 is 0 Å². The molecule has 0 saturated heterocycles. The lowest BCUT2D eigenvalue weighted by Gasteiger charge is -2.17. The number of benzene rings is 1. The van der Waals surface area contributed by atoms with Crippen LogP contribution in [0.2, 0.25) is 0 Å². The maximum Gasteiger partial charge on any atom is 0.335 e. The molecular formula is C14H19NO3. The third kappa shape index (κ3) is 3.58. The Morgan fingerprint density at radius 3 is 2.22 bits per heavy atom. The second-order valence-corrected chi connectivity index (χ2v) is 4.55. The molecule has 1 aromatic rings. The van der Waals surface area contributed by atoms with Crippen molar-refractivity contribution in [2.24, 2.45) is 11.8 Å². The van der Waals surface area contributed by atoms with E-state index >= 15 is 0 Å². The van der Waals surface area contributed by atoms with Gasteiger partial charge in [-0.15, -0.1) is 0 Å². The molecule has 4 heteroatoms. The molecule has 1 aromatic carbocycles. The summed E-state index contributed by atoms with van der Waals surface area (Å²) < 4.78 is 0. The number of anilines is 1. The highest BCUT2D eigenvalue weighted by atomic mass is 16.4. The van der Waals surface area contributed by atoms with Crippen molar-refractivity contribution in [3.63, 3.8) is 0 Å². The molecule has 2 N–H and O–H groups in total. The van der Waals surface area contributed by atoms with Crippen LogP contribution < -0.4 is 5.32 Å². The van der Waals surface area contributed by atoms with Crippen molar-refractivity contribution >= 4 is 17.6 Å². The van der Waals surface area contributed by atoms with Gasteiger partial charge >= 0.3 is 5.97 Å². The zero-order valence-corrected chi connectivity index (χ0v) is 10.9. The number of aromatic carboxylic acids is 1. The minimum atomic E-state index is -0.971. The number of carbonyl (C=O) groups is 2. The molecule has 0 fully saturated rings. The maximum absolute atomic E-state index is 11.9. The number of carboxylic acids is 1. The Kier molecular flexibility index (Phi) is 4.89. The first-order valence-corrected chi connectivity index (χ1v) is 6.10. The van der Waals surface area contributed by atoms with Gasteiger partial charge in [-0.3, -0.25) is 4.79 Å². The second kappa shape index (κ2) is 6.19. The molecule has 0 saturated carbocycles. The van der Waals surface area contributed by atoms with Crippen LogP contribution in [0.1, 0.15) is 37.6 Å². The van der Waals surface area contributed by atoms with E-state index in [2.05, 4.69) is 12.2 Å². The van der Waals surface area contributed by atoms with Gasteiger partial charge in [-0.2, -0.15) is 0 Å². The van der Waals surface area contributed by atoms with Crippen molar-refractivity contribution in [2.45, 2.75) is 27.2 Å². The number of nitrogens with one attached hydrogen (secondary N) is 1. The summed E-state index contributed by atoms with van der Waals surface area (Å²) in [5.41, 5.74) is 0.836. The molecule has 98 valence electrons. The fourth-order valence-electron chi connectivity index (χ4n) is 1.56. The van der Waals surface area contributed by atoms with Crippen LogP contribution in [-0.2, 0) is 4.79 Å². The minimum Gasteiger partial charge on any atom is -0.478 e. The van der Waals surface area contributed by atoms with Crippen LogP contribution in [0, 0.1) is 11.8 Å². The van der Waals surface area contributed by atoms with Gasteiger partial charge in [0.2, 0.25) is 5.91 Å². The van der Waals surface area contributed by atoms with Crippen LogP contribution in [0.3, 0.4) is 0 Å². The Bertz CT molecular complexity index is 425. The minimum absolute atomic E-state index is 0.0348. The summed E-state index contributed by atoms with van der Waals surface area (Å²) in [6.45, 7) is 5.99. The van der Waals surface area contributed by atoms with E-state index in [4.69, 9.17) is 5.11 Å². The molecule has 2 atom stereocenters. The third-order valence-corrected chi connectivity index (χ3v) is 3.31. The Morgan fingerprint density at radius 1 is 1.22 bits per heavy atom. The molecule has 0 aliphatic rings. The monoisotopic (exact) mass is 249 g/mol. The summed E-state index contributed by atoms with van der Waals surface area (Å²) in [5.74, 6) is -0.745. The van der Waals surface area contributed by atoms with Crippen LogP contribution in [0.15, 0.2) is 24.3 Å². The average molecular weight is 249 g/mol. The van der Waals surface area contributed by atoms with Crippen LogP contribution in [0.4, 0.5) is 5.69 Å². The van der Waals surface area contributed by atoms with E-state index in [1.54, 1.807) is 12.1 Å². The molecule has 1 rings (SSSR count). The molecule has 0 spiro atoms. The van der Waals surface area contributed by atoms with Crippen molar-refractivity contribution in [1.29, 1.82) is 0 Å². The van der Waals surface area contributed by atoms with Crippen molar-refractivity contribution < 1.29 is 14.7 Å². The first-order valence-electron chi connectivity index (χ1n) is 6.10. The lowest BCUT2D eigenvalue weighted by molar-refractivity contribution is -0.120. The normalized spacial score (nSPS) is 13.7. The summed E-state index contributed by atoms with van der Waals surface area (Å²) in [6.07, 6.45) is 0.951. The Morgan fingerprint density at radius 2 is 1.78 bits per heavy atom. The third-order valence-electron chi connectivity index (χ3n) is 3.31. The molecule has 0 bridgehead atoms. The number of carbonyl (C=O) groups excluding carboxylic acids is 1. The molecule has 0 heterocycles. The van der Waals surface area contributed by atoms with Gasteiger partial charge in [0, 0.05) is 11.6 Å². The van der Waals surface area contributed by atoms with Gasteiger partial charge in [0.1, 0.15) is 0 Å². The molecule has 0 aromatic heterocycles. The molecule has 0 aliphatic heterocycles. The highest BCUT2D eigenvalue weighted by Gasteiger charge is 2.18. The van der Waals surface area contributed by atoms with Crippen molar-refractivity contribution in [3.05, 3.63) is 29.8 Å². The van der Waals surface area contributed by atoms with Crippen molar-refractivity contribution in [2.75, 3.05) is 5.32 Å². The van der Waals surface area contributed by atoms with Gasteiger partial charge in [-0.05, 0) is 30.2 Å². The quantitative estimate of drug-likeness (QED) is 0.843. The lowest BCUT2D eigenvalue weighted by atomic mass is 9.93. The predicted octanol–water partition coefficient (Wildman–Crippen LogP) is 3.01. The number of hydrogen-bond donors (Lipinski definition) is 2. The first kappa shape index (κ1) is 14.2. The van der Waals surface area contributed by atoms with Crippen LogP contribution in [0.5, 0.6) is 0 Å². The van der Waals surface area contributed by atoms with Crippen molar-refractivity contribution in [1.82, 2.24) is 0 Å². The Labute approximate surface area is 107 Å². The standard InChI is InChI=1S/C14H19NO3/c1-4-9(2)10(3)13(16)15-12-7-5-11(6-8-12)14(17)18/h5-10H,4H2,1-3H3,(H,15,16)(H,17,18).